The van der Waals surface area contributed by atoms with E-state index in [1.807, 2.05) is 0 Å². The molecule has 0 aromatic rings. The zero-order valence-electron chi connectivity index (χ0n) is 6.33. The maximum atomic E-state index is 9.28. The summed E-state index contributed by atoms with van der Waals surface area (Å²) in [7, 11) is 0. The molecule has 0 saturated carbocycles. The van der Waals surface area contributed by atoms with Crippen molar-refractivity contribution in [1.82, 2.24) is 5.48 Å². The Hall–Kier alpha value is -0.160. The van der Waals surface area contributed by atoms with Crippen LogP contribution in [0, 0.1) is 0 Å². The van der Waals surface area contributed by atoms with E-state index < -0.39 is 11.8 Å². The summed E-state index contributed by atoms with van der Waals surface area (Å²) < 4.78 is 0. The highest BCUT2D eigenvalue weighted by Gasteiger charge is 2.24. The first-order chi connectivity index (χ1) is 4.54. The van der Waals surface area contributed by atoms with Crippen LogP contribution in [-0.4, -0.2) is 27.2 Å². The van der Waals surface area contributed by atoms with Gasteiger partial charge in [0, 0.05) is 6.42 Å². The predicted octanol–water partition coefficient (Wildman–Crippen LogP) is -0.165. The lowest BCUT2D eigenvalue weighted by Crippen LogP contribution is -2.44. The van der Waals surface area contributed by atoms with Gasteiger partial charge in [0.05, 0.1) is 6.10 Å². The fraction of sp³-hybridized carbons (Fsp3) is 1.00. The van der Waals surface area contributed by atoms with E-state index in [1.165, 1.54) is 0 Å². The van der Waals surface area contributed by atoms with Crippen molar-refractivity contribution >= 4 is 0 Å². The first kappa shape index (κ1) is 9.84. The van der Waals surface area contributed by atoms with E-state index in [2.05, 4.69) is 0 Å². The summed E-state index contributed by atoms with van der Waals surface area (Å²) in [4.78, 5) is 0. The topological polar surface area (TPSA) is 72.7 Å². The maximum Gasteiger partial charge on any atom is 0.139 e. The number of aliphatic hydroxyl groups is 2. The molecule has 0 aliphatic rings. The fourth-order valence-electron chi connectivity index (χ4n) is 0.758. The van der Waals surface area contributed by atoms with E-state index in [0.29, 0.717) is 6.42 Å². The molecule has 0 amide bonds. The Balaban J connectivity index is 3.80. The molecule has 10 heavy (non-hydrogen) atoms. The molecule has 0 spiro atoms. The molecular weight excluding hydrogens is 134 g/mol. The fourth-order valence-corrected chi connectivity index (χ4v) is 0.758. The standard InChI is InChI=1S/C6H15NO3/c1-3-6(9,7-10)4-5(2)8/h5,7-10H,3-4H2,1-2H3. The molecule has 4 N–H and O–H groups in total. The van der Waals surface area contributed by atoms with Crippen molar-refractivity contribution in [2.45, 2.75) is 38.5 Å². The van der Waals surface area contributed by atoms with E-state index in [1.54, 1.807) is 19.3 Å². The van der Waals surface area contributed by atoms with Crippen LogP contribution in [0.15, 0.2) is 0 Å². The average Bonchev–Trinajstić information content (AvgIpc) is 1.87. The summed E-state index contributed by atoms with van der Waals surface area (Å²) in [6, 6.07) is 0. The smallest absolute Gasteiger partial charge is 0.139 e. The molecule has 0 bridgehead atoms. The highest BCUT2D eigenvalue weighted by atomic mass is 16.5. The van der Waals surface area contributed by atoms with Gasteiger partial charge in [-0.2, -0.15) is 5.48 Å². The van der Waals surface area contributed by atoms with Crippen LogP contribution in [0.1, 0.15) is 26.7 Å². The van der Waals surface area contributed by atoms with Crippen molar-refractivity contribution < 1.29 is 15.4 Å². The first-order valence-electron chi connectivity index (χ1n) is 3.36. The maximum absolute atomic E-state index is 9.28. The molecule has 2 unspecified atom stereocenters. The molecule has 0 radical (unpaired) electrons. The lowest BCUT2D eigenvalue weighted by atomic mass is 10.0. The molecule has 0 saturated heterocycles. The minimum atomic E-state index is -1.34. The summed E-state index contributed by atoms with van der Waals surface area (Å²) in [6.07, 6.45) is -0.140. The summed E-state index contributed by atoms with van der Waals surface area (Å²) in [5.41, 5.74) is 0.416. The van der Waals surface area contributed by atoms with Gasteiger partial charge in [-0.15, -0.1) is 0 Å². The predicted molar refractivity (Wildman–Crippen MR) is 36.5 cm³/mol. The molecule has 4 heteroatoms. The highest BCUT2D eigenvalue weighted by Crippen LogP contribution is 2.12. The molecule has 0 rings (SSSR count). The van der Waals surface area contributed by atoms with Crippen LogP contribution in [0.4, 0.5) is 0 Å². The summed E-state index contributed by atoms with van der Waals surface area (Å²) >= 11 is 0. The van der Waals surface area contributed by atoms with Crippen molar-refractivity contribution in [3.05, 3.63) is 0 Å². The van der Waals surface area contributed by atoms with Gasteiger partial charge >= 0.3 is 0 Å². The van der Waals surface area contributed by atoms with Crippen molar-refractivity contribution in [2.24, 2.45) is 0 Å². The van der Waals surface area contributed by atoms with Crippen molar-refractivity contribution in [1.29, 1.82) is 0 Å². The average molecular weight is 149 g/mol. The second-order valence-electron chi connectivity index (χ2n) is 2.55. The lowest BCUT2D eigenvalue weighted by molar-refractivity contribution is -0.116. The van der Waals surface area contributed by atoms with Gasteiger partial charge in [0.15, 0.2) is 0 Å². The van der Waals surface area contributed by atoms with Crippen LogP contribution in [0.25, 0.3) is 0 Å². The molecular formula is C6H15NO3. The number of rotatable bonds is 4. The Labute approximate surface area is 60.5 Å². The van der Waals surface area contributed by atoms with E-state index in [-0.39, 0.29) is 6.42 Å². The number of nitrogens with one attached hydrogen (secondary N) is 1. The quantitative estimate of drug-likeness (QED) is 0.331. The molecule has 2 atom stereocenters. The van der Waals surface area contributed by atoms with Crippen LogP contribution in [0.5, 0.6) is 0 Å². The van der Waals surface area contributed by atoms with E-state index in [0.717, 1.165) is 0 Å². The monoisotopic (exact) mass is 149 g/mol. The Morgan fingerprint density at radius 1 is 1.60 bits per heavy atom. The van der Waals surface area contributed by atoms with Gasteiger partial charge in [-0.1, -0.05) is 6.92 Å². The molecule has 4 nitrogen and oxygen atoms in total. The van der Waals surface area contributed by atoms with Crippen LogP contribution in [0.3, 0.4) is 0 Å². The Bertz CT molecular complexity index is 91.0. The van der Waals surface area contributed by atoms with Gasteiger partial charge in [-0.3, -0.25) is 0 Å². The second-order valence-corrected chi connectivity index (χ2v) is 2.55. The first-order valence-corrected chi connectivity index (χ1v) is 3.36. The largest absolute Gasteiger partial charge is 0.393 e. The van der Waals surface area contributed by atoms with Crippen molar-refractivity contribution in [3.8, 4) is 0 Å². The lowest BCUT2D eigenvalue weighted by Gasteiger charge is -2.25. The van der Waals surface area contributed by atoms with Gasteiger partial charge in [-0.25, -0.2) is 0 Å². The third kappa shape index (κ3) is 3.12. The van der Waals surface area contributed by atoms with Gasteiger partial charge in [0.25, 0.3) is 0 Å². The van der Waals surface area contributed by atoms with Crippen molar-refractivity contribution in [3.63, 3.8) is 0 Å². The number of hydroxylamine groups is 1. The SMILES string of the molecule is CCC(O)(CC(C)O)NO. The third-order valence-corrected chi connectivity index (χ3v) is 1.43. The molecule has 0 fully saturated rings. The van der Waals surface area contributed by atoms with E-state index in [9.17, 15) is 5.11 Å². The molecule has 0 heterocycles. The molecule has 0 aromatic heterocycles. The zero-order chi connectivity index (χ0) is 8.20. The zero-order valence-corrected chi connectivity index (χ0v) is 6.33. The second kappa shape index (κ2) is 3.88. The van der Waals surface area contributed by atoms with Crippen molar-refractivity contribution in [2.75, 3.05) is 0 Å². The summed E-state index contributed by atoms with van der Waals surface area (Å²) in [6.45, 7) is 3.27. The minimum Gasteiger partial charge on any atom is -0.393 e. The molecule has 0 aliphatic heterocycles. The highest BCUT2D eigenvalue weighted by molar-refractivity contribution is 4.71. The normalized spacial score (nSPS) is 20.1. The van der Waals surface area contributed by atoms with Crippen LogP contribution in [-0.2, 0) is 0 Å². The number of hydrogen-bond acceptors (Lipinski definition) is 4. The molecule has 62 valence electrons. The van der Waals surface area contributed by atoms with Crippen LogP contribution in [0.2, 0.25) is 0 Å². The summed E-state index contributed by atoms with van der Waals surface area (Å²) in [5, 5.41) is 26.5. The molecule has 0 aromatic carbocycles. The Kier molecular flexibility index (Phi) is 3.81. The van der Waals surface area contributed by atoms with E-state index >= 15 is 0 Å². The van der Waals surface area contributed by atoms with Gasteiger partial charge in [0.2, 0.25) is 0 Å². The van der Waals surface area contributed by atoms with Gasteiger partial charge < -0.3 is 15.4 Å². The number of aliphatic hydroxyl groups excluding tert-OH is 1. The number of hydrogen-bond donors (Lipinski definition) is 4. The van der Waals surface area contributed by atoms with Crippen LogP contribution >= 0.6 is 0 Å². The van der Waals surface area contributed by atoms with E-state index in [4.69, 9.17) is 10.3 Å². The minimum absolute atomic E-state index is 0.125. The third-order valence-electron chi connectivity index (χ3n) is 1.43. The Morgan fingerprint density at radius 3 is 2.20 bits per heavy atom. The van der Waals surface area contributed by atoms with Gasteiger partial charge in [0.1, 0.15) is 5.72 Å². The Morgan fingerprint density at radius 2 is 2.10 bits per heavy atom. The molecule has 0 aliphatic carbocycles. The summed E-state index contributed by atoms with van der Waals surface area (Å²) in [5.74, 6) is 0. The van der Waals surface area contributed by atoms with Gasteiger partial charge in [-0.05, 0) is 13.3 Å². The van der Waals surface area contributed by atoms with Crippen LogP contribution < -0.4 is 5.48 Å².